The van der Waals surface area contributed by atoms with E-state index in [1.165, 1.54) is 0 Å². The van der Waals surface area contributed by atoms with E-state index >= 15 is 0 Å². The number of hydrogen-bond acceptors (Lipinski definition) is 4. The number of hydrogen-bond donors (Lipinski definition) is 1. The van der Waals surface area contributed by atoms with E-state index in [0.717, 1.165) is 0 Å². The Balaban J connectivity index is 2.72. The zero-order valence-corrected chi connectivity index (χ0v) is 12.4. The Kier molecular flexibility index (Phi) is 6.31. The van der Waals surface area contributed by atoms with Crippen molar-refractivity contribution in [3.05, 3.63) is 24.3 Å². The number of nitrogens with one attached hydrogen (secondary N) is 1. The highest BCUT2D eigenvalue weighted by molar-refractivity contribution is 6.26. The van der Waals surface area contributed by atoms with Crippen molar-refractivity contribution >= 4 is 29.2 Å². The van der Waals surface area contributed by atoms with Gasteiger partial charge in [-0.3, -0.25) is 9.59 Å². The largest absolute Gasteiger partial charge is 0.497 e. The molecule has 0 aliphatic heterocycles. The summed E-state index contributed by atoms with van der Waals surface area (Å²) in [5.41, 5.74) is 0.600. The summed E-state index contributed by atoms with van der Waals surface area (Å²) in [7, 11) is 1.56. The fourth-order valence-electron chi connectivity index (χ4n) is 1.55. The summed E-state index contributed by atoms with van der Waals surface area (Å²) < 4.78 is 10.1. The number of ether oxygens (including phenoxy) is 2. The zero-order valence-electron chi connectivity index (χ0n) is 11.7. The van der Waals surface area contributed by atoms with Crippen LogP contribution in [0.2, 0.25) is 0 Å². The third-order valence-electron chi connectivity index (χ3n) is 2.59. The molecule has 1 aromatic carbocycles. The maximum absolute atomic E-state index is 12.1. The number of amides is 1. The Hall–Kier alpha value is -1.75. The first-order valence-corrected chi connectivity index (χ1v) is 6.71. The number of methoxy groups -OCH3 is 1. The molecule has 0 aliphatic rings. The molecule has 0 fully saturated rings. The number of halogens is 1. The summed E-state index contributed by atoms with van der Waals surface area (Å²) in [6.45, 7) is 3.58. The molecule has 0 spiro atoms. The van der Waals surface area contributed by atoms with Gasteiger partial charge in [-0.1, -0.05) is 13.8 Å². The topological polar surface area (TPSA) is 64.6 Å². The van der Waals surface area contributed by atoms with Crippen molar-refractivity contribution in [3.8, 4) is 5.75 Å². The summed E-state index contributed by atoms with van der Waals surface area (Å²) in [4.78, 5) is 23.3. The van der Waals surface area contributed by atoms with E-state index in [2.05, 4.69) is 5.32 Å². The highest BCUT2D eigenvalue weighted by Gasteiger charge is 2.26. The second kappa shape index (κ2) is 7.75. The van der Waals surface area contributed by atoms with Crippen LogP contribution in [0.15, 0.2) is 24.3 Å². The van der Waals surface area contributed by atoms with Crippen LogP contribution >= 0.6 is 11.6 Å². The van der Waals surface area contributed by atoms with Crippen molar-refractivity contribution in [3.63, 3.8) is 0 Å². The minimum Gasteiger partial charge on any atom is -0.497 e. The van der Waals surface area contributed by atoms with Crippen LogP contribution in [0.4, 0.5) is 5.69 Å². The van der Waals surface area contributed by atoms with Gasteiger partial charge in [0.1, 0.15) is 11.6 Å². The van der Waals surface area contributed by atoms with Gasteiger partial charge in [0.05, 0.1) is 7.11 Å². The first-order valence-electron chi connectivity index (χ1n) is 6.18. The van der Waals surface area contributed by atoms with Crippen LogP contribution in [0.3, 0.4) is 0 Å². The predicted octanol–water partition coefficient (Wildman–Crippen LogP) is 2.44. The fourth-order valence-corrected chi connectivity index (χ4v) is 1.62. The van der Waals surface area contributed by atoms with Gasteiger partial charge in [-0.15, -0.1) is 11.6 Å². The summed E-state index contributed by atoms with van der Waals surface area (Å²) in [6, 6.07) is 6.87. The molecular weight excluding hydrogens is 282 g/mol. The Morgan fingerprint density at radius 3 is 2.30 bits per heavy atom. The number of alkyl halides is 1. The lowest BCUT2D eigenvalue weighted by atomic mass is 10.1. The van der Waals surface area contributed by atoms with E-state index in [1.807, 2.05) is 0 Å². The van der Waals surface area contributed by atoms with E-state index in [0.29, 0.717) is 11.4 Å². The van der Waals surface area contributed by atoms with Gasteiger partial charge in [-0.25, -0.2) is 0 Å². The summed E-state index contributed by atoms with van der Waals surface area (Å²) in [5, 5.41) is 2.69. The standard InChI is InChI=1S/C14H18ClNO4/c1-9(2)13(20-12(17)8-15)14(18)16-10-4-6-11(19-3)7-5-10/h4-7,9,13H,8H2,1-3H3,(H,16,18). The average molecular weight is 300 g/mol. The van der Waals surface area contributed by atoms with Gasteiger partial charge in [0.15, 0.2) is 6.10 Å². The van der Waals surface area contributed by atoms with Gasteiger partial charge in [0, 0.05) is 5.69 Å². The van der Waals surface area contributed by atoms with Crippen LogP contribution in [0.1, 0.15) is 13.8 Å². The van der Waals surface area contributed by atoms with Gasteiger partial charge in [0.2, 0.25) is 0 Å². The maximum atomic E-state index is 12.1. The quantitative estimate of drug-likeness (QED) is 0.647. The van der Waals surface area contributed by atoms with Crippen LogP contribution in [0, 0.1) is 5.92 Å². The first kappa shape index (κ1) is 16.3. The summed E-state index contributed by atoms with van der Waals surface area (Å²) in [5.74, 6) is -0.741. The van der Waals surface area contributed by atoms with E-state index in [1.54, 1.807) is 45.2 Å². The lowest BCUT2D eigenvalue weighted by Crippen LogP contribution is -2.36. The van der Waals surface area contributed by atoms with Crippen LogP contribution in [0.5, 0.6) is 5.75 Å². The average Bonchev–Trinajstić information content (AvgIpc) is 2.44. The van der Waals surface area contributed by atoms with Crippen molar-refractivity contribution < 1.29 is 19.1 Å². The Morgan fingerprint density at radius 2 is 1.85 bits per heavy atom. The third kappa shape index (κ3) is 4.74. The second-order valence-electron chi connectivity index (χ2n) is 4.51. The Bertz CT molecular complexity index is 459. The molecule has 0 saturated heterocycles. The molecule has 6 heteroatoms. The molecule has 0 aliphatic carbocycles. The number of rotatable bonds is 6. The Labute approximate surface area is 123 Å². The van der Waals surface area contributed by atoms with Crippen LogP contribution in [0.25, 0.3) is 0 Å². The molecule has 0 saturated carbocycles. The molecule has 110 valence electrons. The molecule has 1 unspecified atom stereocenters. The van der Waals surface area contributed by atoms with E-state index in [4.69, 9.17) is 21.1 Å². The van der Waals surface area contributed by atoms with E-state index in [-0.39, 0.29) is 17.7 Å². The number of carbonyl (C=O) groups excluding carboxylic acids is 2. The van der Waals surface area contributed by atoms with Gasteiger partial charge in [-0.05, 0) is 30.2 Å². The molecule has 0 aromatic heterocycles. The van der Waals surface area contributed by atoms with Gasteiger partial charge < -0.3 is 14.8 Å². The highest BCUT2D eigenvalue weighted by atomic mass is 35.5. The lowest BCUT2D eigenvalue weighted by molar-refractivity contribution is -0.154. The summed E-state index contributed by atoms with van der Waals surface area (Å²) in [6.07, 6.45) is -0.872. The third-order valence-corrected chi connectivity index (χ3v) is 2.81. The second-order valence-corrected chi connectivity index (χ2v) is 4.77. The molecule has 1 atom stereocenters. The molecule has 0 bridgehead atoms. The van der Waals surface area contributed by atoms with Crippen molar-refractivity contribution in [1.29, 1.82) is 0 Å². The van der Waals surface area contributed by atoms with Gasteiger partial charge >= 0.3 is 5.97 Å². The van der Waals surface area contributed by atoms with Crippen LogP contribution in [-0.4, -0.2) is 31.0 Å². The smallest absolute Gasteiger partial charge is 0.321 e. The van der Waals surface area contributed by atoms with Crippen molar-refractivity contribution in [2.24, 2.45) is 5.92 Å². The van der Waals surface area contributed by atoms with Crippen LogP contribution in [-0.2, 0) is 14.3 Å². The van der Waals surface area contributed by atoms with Crippen molar-refractivity contribution in [1.82, 2.24) is 0 Å². The number of esters is 1. The molecule has 0 heterocycles. The fraction of sp³-hybridized carbons (Fsp3) is 0.429. The van der Waals surface area contributed by atoms with Gasteiger partial charge in [-0.2, -0.15) is 0 Å². The monoisotopic (exact) mass is 299 g/mol. The molecule has 20 heavy (non-hydrogen) atoms. The molecule has 1 N–H and O–H groups in total. The predicted molar refractivity (Wildman–Crippen MR) is 77.1 cm³/mol. The molecule has 1 aromatic rings. The summed E-state index contributed by atoms with van der Waals surface area (Å²) >= 11 is 5.38. The molecule has 5 nitrogen and oxygen atoms in total. The minimum absolute atomic E-state index is 0.152. The highest BCUT2D eigenvalue weighted by Crippen LogP contribution is 2.17. The van der Waals surface area contributed by atoms with Crippen LogP contribution < -0.4 is 10.1 Å². The van der Waals surface area contributed by atoms with Crippen molar-refractivity contribution in [2.45, 2.75) is 20.0 Å². The van der Waals surface area contributed by atoms with E-state index in [9.17, 15) is 9.59 Å². The molecule has 1 amide bonds. The van der Waals surface area contributed by atoms with Crippen molar-refractivity contribution in [2.75, 3.05) is 18.3 Å². The number of carbonyl (C=O) groups is 2. The van der Waals surface area contributed by atoms with Gasteiger partial charge in [0.25, 0.3) is 5.91 Å². The minimum atomic E-state index is -0.872. The normalized spacial score (nSPS) is 11.8. The molecular formula is C14H18ClNO4. The number of anilines is 1. The van der Waals surface area contributed by atoms with E-state index < -0.39 is 12.1 Å². The SMILES string of the molecule is COc1ccc(NC(=O)C(OC(=O)CCl)C(C)C)cc1. The lowest BCUT2D eigenvalue weighted by Gasteiger charge is -2.20. The molecule has 1 rings (SSSR count). The number of benzene rings is 1. The maximum Gasteiger partial charge on any atom is 0.321 e. The zero-order chi connectivity index (χ0) is 15.1. The first-order chi connectivity index (χ1) is 9.47. The molecule has 0 radical (unpaired) electrons. The Morgan fingerprint density at radius 1 is 1.25 bits per heavy atom.